The minimum Gasteiger partial charge on any atom is -0.456 e. The highest BCUT2D eigenvalue weighted by atomic mass is 16.3. The van der Waals surface area contributed by atoms with Crippen molar-refractivity contribution >= 4 is 43.9 Å². The number of hydrogen-bond donors (Lipinski definition) is 0. The summed E-state index contributed by atoms with van der Waals surface area (Å²) in [5, 5.41) is 4.23. The van der Waals surface area contributed by atoms with E-state index in [4.69, 9.17) is 23.8 Å². The number of fused-ring (bicyclic) bond motifs is 6. The number of aromatic nitrogens is 3. The molecule has 0 bridgehead atoms. The minimum absolute atomic E-state index is 0.576. The molecule has 11 rings (SSSR count). The molecule has 3 heterocycles. The fourth-order valence-corrected chi connectivity index (χ4v) is 7.88. The highest BCUT2D eigenvalue weighted by Crippen LogP contribution is 2.45. The molecule has 0 aliphatic heterocycles. The second-order valence-electron chi connectivity index (χ2n) is 13.9. The van der Waals surface area contributed by atoms with E-state index < -0.39 is 0 Å². The summed E-state index contributed by atoms with van der Waals surface area (Å²) in [5.74, 6) is 1.79. The predicted octanol–water partition coefficient (Wildman–Crippen LogP) is 13.7. The third kappa shape index (κ3) is 5.37. The molecular formula is C51H31N3O2. The van der Waals surface area contributed by atoms with Gasteiger partial charge in [-0.15, -0.1) is 0 Å². The van der Waals surface area contributed by atoms with E-state index in [1.165, 1.54) is 0 Å². The number of nitrogens with zero attached hydrogens (tertiary/aromatic N) is 3. The van der Waals surface area contributed by atoms with Crippen molar-refractivity contribution in [2.75, 3.05) is 0 Å². The number of benzene rings is 8. The minimum atomic E-state index is 0.576. The molecule has 0 unspecified atom stereocenters. The monoisotopic (exact) mass is 717 g/mol. The average Bonchev–Trinajstić information content (AvgIpc) is 3.86. The Bertz CT molecular complexity index is 3220. The van der Waals surface area contributed by atoms with Crippen LogP contribution in [0.5, 0.6) is 0 Å². The highest BCUT2D eigenvalue weighted by molar-refractivity contribution is 6.21. The summed E-state index contributed by atoms with van der Waals surface area (Å²) in [5.41, 5.74) is 12.6. The zero-order valence-electron chi connectivity index (χ0n) is 30.1. The van der Waals surface area contributed by atoms with Gasteiger partial charge >= 0.3 is 0 Å². The predicted molar refractivity (Wildman–Crippen MR) is 227 cm³/mol. The summed E-state index contributed by atoms with van der Waals surface area (Å²) in [6.07, 6.45) is 0. The van der Waals surface area contributed by atoms with E-state index in [9.17, 15) is 0 Å². The molecular weight excluding hydrogens is 687 g/mol. The third-order valence-electron chi connectivity index (χ3n) is 10.6. The maximum atomic E-state index is 6.64. The molecule has 0 aliphatic rings. The Balaban J connectivity index is 1.06. The molecule has 5 heteroatoms. The lowest BCUT2D eigenvalue weighted by Crippen LogP contribution is -2.00. The maximum absolute atomic E-state index is 6.64. The van der Waals surface area contributed by atoms with Gasteiger partial charge in [0.1, 0.15) is 22.3 Å². The summed E-state index contributed by atoms with van der Waals surface area (Å²) in [4.78, 5) is 15.0. The molecule has 0 saturated heterocycles. The molecule has 0 amide bonds. The maximum Gasteiger partial charge on any atom is 0.164 e. The largest absolute Gasteiger partial charge is 0.456 e. The molecule has 0 radical (unpaired) electrons. The van der Waals surface area contributed by atoms with Gasteiger partial charge in [-0.3, -0.25) is 0 Å². The van der Waals surface area contributed by atoms with E-state index in [-0.39, 0.29) is 0 Å². The van der Waals surface area contributed by atoms with Crippen molar-refractivity contribution in [1.82, 2.24) is 15.0 Å². The van der Waals surface area contributed by atoms with Crippen LogP contribution in [0.25, 0.3) is 111 Å². The van der Waals surface area contributed by atoms with Crippen LogP contribution in [0.2, 0.25) is 0 Å². The Morgan fingerprint density at radius 1 is 0.286 bits per heavy atom. The Labute approximate surface area is 322 Å². The standard InChI is InChI=1S/C51H31N3O2/c1-4-13-32(14-5-1)33-23-25-36(26-24-33)50-52-49(35-17-8-3-9-18-35)53-51(54-50)37-27-28-42-45(31-37)55-44-22-12-20-39(46(42)44)40-30-29-38(34-15-6-2-7-16-34)48-47(40)41-19-10-11-21-43(41)56-48/h1-31H. The SMILES string of the molecule is c1ccc(-c2ccc(-c3nc(-c4ccccc4)nc(-c4ccc5c(c4)oc4cccc(-c6ccc(-c7ccccc7)c7oc8ccccc8c67)c45)n3)cc2)cc1. The fraction of sp³-hybridized carbons (Fsp3) is 0. The molecule has 3 aromatic heterocycles. The van der Waals surface area contributed by atoms with Gasteiger partial charge in [-0.25, -0.2) is 15.0 Å². The first-order valence-corrected chi connectivity index (χ1v) is 18.7. The van der Waals surface area contributed by atoms with Crippen molar-refractivity contribution < 1.29 is 8.83 Å². The van der Waals surface area contributed by atoms with Gasteiger partial charge in [0.15, 0.2) is 17.5 Å². The molecule has 0 aliphatic carbocycles. The fourth-order valence-electron chi connectivity index (χ4n) is 7.88. The Hall–Kier alpha value is -7.63. The number of rotatable bonds is 6. The molecule has 0 atom stereocenters. The first kappa shape index (κ1) is 31.9. The van der Waals surface area contributed by atoms with Crippen LogP contribution in [0.15, 0.2) is 197 Å². The molecule has 11 aromatic rings. The second-order valence-corrected chi connectivity index (χ2v) is 13.9. The summed E-state index contributed by atoms with van der Waals surface area (Å²) in [7, 11) is 0. The molecule has 5 nitrogen and oxygen atoms in total. The van der Waals surface area contributed by atoms with E-state index in [0.717, 1.165) is 93.9 Å². The van der Waals surface area contributed by atoms with Crippen LogP contribution in [0.1, 0.15) is 0 Å². The summed E-state index contributed by atoms with van der Waals surface area (Å²) >= 11 is 0. The van der Waals surface area contributed by atoms with Gasteiger partial charge in [0.25, 0.3) is 0 Å². The van der Waals surface area contributed by atoms with Crippen LogP contribution in [0, 0.1) is 0 Å². The van der Waals surface area contributed by atoms with E-state index >= 15 is 0 Å². The van der Waals surface area contributed by atoms with Crippen molar-refractivity contribution in [3.8, 4) is 67.5 Å². The molecule has 0 N–H and O–H groups in total. The third-order valence-corrected chi connectivity index (χ3v) is 10.6. The summed E-state index contributed by atoms with van der Waals surface area (Å²) < 4.78 is 13.3. The smallest absolute Gasteiger partial charge is 0.164 e. The van der Waals surface area contributed by atoms with Crippen molar-refractivity contribution in [3.63, 3.8) is 0 Å². The van der Waals surface area contributed by atoms with E-state index in [0.29, 0.717) is 17.5 Å². The van der Waals surface area contributed by atoms with Crippen LogP contribution >= 0.6 is 0 Å². The molecule has 56 heavy (non-hydrogen) atoms. The lowest BCUT2D eigenvalue weighted by atomic mass is 9.92. The van der Waals surface area contributed by atoms with Gasteiger partial charge in [-0.1, -0.05) is 158 Å². The number of furan rings is 2. The summed E-state index contributed by atoms with van der Waals surface area (Å²) in [6.45, 7) is 0. The molecule has 8 aromatic carbocycles. The molecule has 0 saturated carbocycles. The zero-order valence-corrected chi connectivity index (χ0v) is 30.1. The first-order chi connectivity index (χ1) is 27.7. The lowest BCUT2D eigenvalue weighted by molar-refractivity contribution is 0.669. The van der Waals surface area contributed by atoms with Crippen LogP contribution in [0.3, 0.4) is 0 Å². The molecule has 0 spiro atoms. The van der Waals surface area contributed by atoms with Crippen LogP contribution in [-0.2, 0) is 0 Å². The van der Waals surface area contributed by atoms with Crippen LogP contribution < -0.4 is 0 Å². The Morgan fingerprint density at radius 2 is 0.786 bits per heavy atom. The van der Waals surface area contributed by atoms with E-state index in [1.54, 1.807) is 0 Å². The van der Waals surface area contributed by atoms with Crippen LogP contribution in [-0.4, -0.2) is 15.0 Å². The van der Waals surface area contributed by atoms with E-state index in [2.05, 4.69) is 121 Å². The lowest BCUT2D eigenvalue weighted by Gasteiger charge is -2.10. The number of para-hydroxylation sites is 1. The number of hydrogen-bond acceptors (Lipinski definition) is 5. The van der Waals surface area contributed by atoms with Gasteiger partial charge in [-0.2, -0.15) is 0 Å². The van der Waals surface area contributed by atoms with Crippen molar-refractivity contribution in [2.24, 2.45) is 0 Å². The summed E-state index contributed by atoms with van der Waals surface area (Å²) in [6, 6.07) is 64.4. The van der Waals surface area contributed by atoms with Crippen molar-refractivity contribution in [2.45, 2.75) is 0 Å². The molecule has 0 fully saturated rings. The van der Waals surface area contributed by atoms with Crippen LogP contribution in [0.4, 0.5) is 0 Å². The first-order valence-electron chi connectivity index (χ1n) is 18.7. The van der Waals surface area contributed by atoms with Crippen molar-refractivity contribution in [1.29, 1.82) is 0 Å². The zero-order chi connectivity index (χ0) is 37.0. The van der Waals surface area contributed by atoms with Gasteiger partial charge in [-0.05, 0) is 58.1 Å². The Kier molecular flexibility index (Phi) is 7.42. The van der Waals surface area contributed by atoms with E-state index in [1.807, 2.05) is 66.7 Å². The topological polar surface area (TPSA) is 65.0 Å². The quantitative estimate of drug-likeness (QED) is 0.171. The second kappa shape index (κ2) is 13.0. The average molecular weight is 718 g/mol. The van der Waals surface area contributed by atoms with Gasteiger partial charge in [0.05, 0.1) is 0 Å². The molecule has 262 valence electrons. The Morgan fingerprint density at radius 3 is 1.52 bits per heavy atom. The van der Waals surface area contributed by atoms with Gasteiger partial charge in [0, 0.05) is 43.8 Å². The highest BCUT2D eigenvalue weighted by Gasteiger charge is 2.21. The van der Waals surface area contributed by atoms with Crippen molar-refractivity contribution in [3.05, 3.63) is 188 Å². The van der Waals surface area contributed by atoms with Gasteiger partial charge < -0.3 is 8.83 Å². The van der Waals surface area contributed by atoms with Gasteiger partial charge in [0.2, 0.25) is 0 Å². The normalized spacial score (nSPS) is 11.6.